The van der Waals surface area contributed by atoms with Gasteiger partial charge in [0.05, 0.1) is 11.5 Å². The molecule has 1 aliphatic rings. The molecule has 1 N–H and O–H groups in total. The first-order valence-electron chi connectivity index (χ1n) is 7.63. The Morgan fingerprint density at radius 3 is 2.76 bits per heavy atom. The van der Waals surface area contributed by atoms with Crippen LogP contribution < -0.4 is 10.2 Å². The van der Waals surface area contributed by atoms with E-state index in [9.17, 15) is 14.9 Å². The third-order valence-corrected chi connectivity index (χ3v) is 4.82. The Balaban J connectivity index is 1.57. The number of carbonyl (C=O) groups is 1. The number of halogens is 1. The number of rotatable bonds is 5. The van der Waals surface area contributed by atoms with Gasteiger partial charge in [-0.05, 0) is 12.1 Å². The molecule has 0 saturated carbocycles. The van der Waals surface area contributed by atoms with Crippen molar-refractivity contribution in [2.75, 3.05) is 42.9 Å². The van der Waals surface area contributed by atoms with Gasteiger partial charge in [0.2, 0.25) is 5.91 Å². The molecule has 2 heterocycles. The molecule has 1 amide bonds. The van der Waals surface area contributed by atoms with Crippen LogP contribution in [0.4, 0.5) is 16.5 Å². The maximum absolute atomic E-state index is 12.0. The molecule has 0 aliphatic carbocycles. The molecule has 1 saturated heterocycles. The zero-order chi connectivity index (χ0) is 17.8. The van der Waals surface area contributed by atoms with Gasteiger partial charge in [0.25, 0.3) is 5.69 Å². The first-order chi connectivity index (χ1) is 12.0. The Bertz CT molecular complexity index is 763. The Morgan fingerprint density at radius 2 is 2.12 bits per heavy atom. The molecule has 25 heavy (non-hydrogen) atoms. The molecule has 0 radical (unpaired) electrons. The Labute approximate surface area is 153 Å². The van der Waals surface area contributed by atoms with Crippen LogP contribution in [0.15, 0.2) is 29.8 Å². The van der Waals surface area contributed by atoms with Gasteiger partial charge in [-0.2, -0.15) is 0 Å². The Morgan fingerprint density at radius 1 is 1.36 bits per heavy atom. The highest BCUT2D eigenvalue weighted by molar-refractivity contribution is 7.13. The van der Waals surface area contributed by atoms with Gasteiger partial charge >= 0.3 is 0 Å². The minimum atomic E-state index is -0.422. The molecular weight excluding hydrogens is 366 g/mol. The summed E-state index contributed by atoms with van der Waals surface area (Å²) in [5, 5.41) is 16.7. The van der Waals surface area contributed by atoms with Crippen molar-refractivity contribution in [1.82, 2.24) is 9.88 Å². The van der Waals surface area contributed by atoms with Crippen LogP contribution in [0.1, 0.15) is 0 Å². The Kier molecular flexibility index (Phi) is 5.47. The molecule has 2 aromatic rings. The number of nitro groups is 1. The van der Waals surface area contributed by atoms with Crippen molar-refractivity contribution in [3.05, 3.63) is 44.9 Å². The summed E-state index contributed by atoms with van der Waals surface area (Å²) < 4.78 is 0. The summed E-state index contributed by atoms with van der Waals surface area (Å²) in [6, 6.07) is 4.69. The van der Waals surface area contributed by atoms with Crippen molar-refractivity contribution in [3.8, 4) is 0 Å². The van der Waals surface area contributed by atoms with Crippen LogP contribution in [0.2, 0.25) is 5.02 Å². The monoisotopic (exact) mass is 381 g/mol. The maximum atomic E-state index is 12.0. The fourth-order valence-electron chi connectivity index (χ4n) is 2.70. The first kappa shape index (κ1) is 17.6. The summed E-state index contributed by atoms with van der Waals surface area (Å²) in [6.45, 7) is 2.77. The molecule has 0 atom stereocenters. The highest BCUT2D eigenvalue weighted by Crippen LogP contribution is 2.31. The molecule has 0 spiro atoms. The van der Waals surface area contributed by atoms with Gasteiger partial charge in [-0.3, -0.25) is 19.8 Å². The predicted octanol–water partition coefficient (Wildman–Crippen LogP) is 2.47. The molecule has 1 aromatic carbocycles. The number of nitrogens with zero attached hydrogens (tertiary/aromatic N) is 4. The molecular formula is C15H16ClN5O3S. The first-order valence-corrected chi connectivity index (χ1v) is 8.89. The molecule has 1 fully saturated rings. The van der Waals surface area contributed by atoms with Crippen LogP contribution in [-0.4, -0.2) is 53.4 Å². The van der Waals surface area contributed by atoms with Gasteiger partial charge in [0, 0.05) is 48.8 Å². The molecule has 8 nitrogen and oxygen atoms in total. The average molecular weight is 382 g/mol. The van der Waals surface area contributed by atoms with Crippen LogP contribution in [-0.2, 0) is 4.79 Å². The lowest BCUT2D eigenvalue weighted by atomic mass is 10.2. The van der Waals surface area contributed by atoms with Crippen molar-refractivity contribution >= 4 is 45.4 Å². The van der Waals surface area contributed by atoms with E-state index in [1.807, 2.05) is 9.80 Å². The summed E-state index contributed by atoms with van der Waals surface area (Å²) in [5.74, 6) is -0.110. The largest absolute Gasteiger partial charge is 0.363 e. The summed E-state index contributed by atoms with van der Waals surface area (Å²) in [6.07, 6.45) is 1.64. The topological polar surface area (TPSA) is 91.6 Å². The summed E-state index contributed by atoms with van der Waals surface area (Å²) in [4.78, 5) is 30.8. The molecule has 0 bridgehead atoms. The number of thiazole rings is 1. The Hall–Kier alpha value is -2.23. The number of benzene rings is 1. The van der Waals surface area contributed by atoms with E-state index in [0.29, 0.717) is 42.0 Å². The van der Waals surface area contributed by atoms with Gasteiger partial charge < -0.3 is 10.2 Å². The number of nitro benzene ring substituents is 1. The second kappa shape index (κ2) is 7.77. The molecule has 10 heteroatoms. The number of carbonyl (C=O) groups excluding carboxylic acids is 1. The molecule has 1 aliphatic heterocycles. The number of piperazine rings is 1. The van der Waals surface area contributed by atoms with E-state index in [-0.39, 0.29) is 18.1 Å². The van der Waals surface area contributed by atoms with E-state index in [0.717, 1.165) is 0 Å². The van der Waals surface area contributed by atoms with Gasteiger partial charge in [-0.1, -0.05) is 11.6 Å². The van der Waals surface area contributed by atoms with Crippen molar-refractivity contribution in [1.29, 1.82) is 0 Å². The van der Waals surface area contributed by atoms with Gasteiger partial charge in [0.15, 0.2) is 5.13 Å². The minimum Gasteiger partial charge on any atom is -0.363 e. The zero-order valence-corrected chi connectivity index (χ0v) is 14.8. The molecule has 0 unspecified atom stereocenters. The number of amides is 1. The van der Waals surface area contributed by atoms with Crippen LogP contribution in [0.3, 0.4) is 0 Å². The van der Waals surface area contributed by atoms with Crippen molar-refractivity contribution < 1.29 is 9.72 Å². The van der Waals surface area contributed by atoms with Gasteiger partial charge in [-0.25, -0.2) is 4.98 Å². The fourth-order valence-corrected chi connectivity index (χ4v) is 3.42. The SMILES string of the molecule is O=C(CN1CCN(c2ccc(Cl)cc2[N+](=O)[O-])CC1)Nc1nccs1. The van der Waals surface area contributed by atoms with E-state index < -0.39 is 4.92 Å². The van der Waals surface area contributed by atoms with E-state index >= 15 is 0 Å². The number of hydrogen-bond acceptors (Lipinski definition) is 7. The normalized spacial score (nSPS) is 15.2. The smallest absolute Gasteiger partial charge is 0.294 e. The second-order valence-corrected chi connectivity index (χ2v) is 6.87. The lowest BCUT2D eigenvalue weighted by molar-refractivity contribution is -0.384. The summed E-state index contributed by atoms with van der Waals surface area (Å²) >= 11 is 7.23. The van der Waals surface area contributed by atoms with Crippen molar-refractivity contribution in [2.24, 2.45) is 0 Å². The lowest BCUT2D eigenvalue weighted by Crippen LogP contribution is -2.48. The third-order valence-electron chi connectivity index (χ3n) is 3.89. The number of nitrogens with one attached hydrogen (secondary N) is 1. The van der Waals surface area contributed by atoms with Crippen molar-refractivity contribution in [3.63, 3.8) is 0 Å². The third kappa shape index (κ3) is 4.44. The van der Waals surface area contributed by atoms with Crippen LogP contribution >= 0.6 is 22.9 Å². The van der Waals surface area contributed by atoms with E-state index in [2.05, 4.69) is 10.3 Å². The number of aromatic nitrogens is 1. The fraction of sp³-hybridized carbons (Fsp3) is 0.333. The number of hydrogen-bond donors (Lipinski definition) is 1. The average Bonchev–Trinajstić information content (AvgIpc) is 3.08. The van der Waals surface area contributed by atoms with E-state index in [1.165, 1.54) is 17.4 Å². The molecule has 1 aromatic heterocycles. The molecule has 3 rings (SSSR count). The maximum Gasteiger partial charge on any atom is 0.294 e. The second-order valence-electron chi connectivity index (χ2n) is 5.54. The van der Waals surface area contributed by atoms with Crippen LogP contribution in [0.5, 0.6) is 0 Å². The van der Waals surface area contributed by atoms with E-state index in [1.54, 1.807) is 23.7 Å². The van der Waals surface area contributed by atoms with Gasteiger partial charge in [-0.15, -0.1) is 11.3 Å². The quantitative estimate of drug-likeness (QED) is 0.631. The predicted molar refractivity (Wildman–Crippen MR) is 97.5 cm³/mol. The van der Waals surface area contributed by atoms with Gasteiger partial charge in [0.1, 0.15) is 5.69 Å². The van der Waals surface area contributed by atoms with Crippen molar-refractivity contribution in [2.45, 2.75) is 0 Å². The highest BCUT2D eigenvalue weighted by Gasteiger charge is 2.24. The number of anilines is 2. The zero-order valence-electron chi connectivity index (χ0n) is 13.2. The summed E-state index contributed by atoms with van der Waals surface area (Å²) in [5.41, 5.74) is 0.559. The highest BCUT2D eigenvalue weighted by atomic mass is 35.5. The lowest BCUT2D eigenvalue weighted by Gasteiger charge is -2.35. The standard InChI is InChI=1S/C15H16ClN5O3S/c16-11-1-2-12(13(9-11)21(23)24)20-6-4-19(5-7-20)10-14(22)18-15-17-3-8-25-15/h1-3,8-9H,4-7,10H2,(H,17,18,22). The summed E-state index contributed by atoms with van der Waals surface area (Å²) in [7, 11) is 0. The van der Waals surface area contributed by atoms with E-state index in [4.69, 9.17) is 11.6 Å². The minimum absolute atomic E-state index is 0.00228. The molecule has 132 valence electrons. The van der Waals surface area contributed by atoms with Crippen LogP contribution in [0, 0.1) is 10.1 Å². The van der Waals surface area contributed by atoms with Crippen LogP contribution in [0.25, 0.3) is 0 Å².